The molecule has 0 N–H and O–H groups in total. The van der Waals surface area contributed by atoms with Crippen LogP contribution in [0.2, 0.25) is 0 Å². The lowest BCUT2D eigenvalue weighted by molar-refractivity contribution is 0.287. The molecule has 0 unspecified atom stereocenters. The first kappa shape index (κ1) is 18.2. The van der Waals surface area contributed by atoms with Crippen molar-refractivity contribution >= 4 is 17.2 Å². The summed E-state index contributed by atoms with van der Waals surface area (Å²) >= 11 is 1.66. The monoisotopic (exact) mass is 372 g/mol. The topological polar surface area (TPSA) is 34.6 Å². The number of anilines is 1. The Morgan fingerprint density at radius 1 is 1.12 bits per heavy atom. The molecule has 2 aromatic heterocycles. The van der Waals surface area contributed by atoms with Gasteiger partial charge in [-0.1, -0.05) is 18.2 Å². The summed E-state index contributed by atoms with van der Waals surface area (Å²) < 4.78 is 24.8. The molecule has 6 heteroatoms. The van der Waals surface area contributed by atoms with Crippen LogP contribution < -0.4 is 14.4 Å². The number of thiophene rings is 1. The minimum Gasteiger partial charge on any atom is -0.493 e. The van der Waals surface area contributed by atoms with Gasteiger partial charge in [0.1, 0.15) is 12.4 Å². The molecule has 0 radical (unpaired) electrons. The SMILES string of the molecule is CCN(Cc1ccc(OCc2cccs2)c(OC)c1)c1cccc(F)n1. The van der Waals surface area contributed by atoms with Crippen LogP contribution in [0.3, 0.4) is 0 Å². The maximum atomic E-state index is 13.4. The van der Waals surface area contributed by atoms with Crippen LogP contribution >= 0.6 is 11.3 Å². The van der Waals surface area contributed by atoms with E-state index in [0.29, 0.717) is 30.5 Å². The molecule has 0 bridgehead atoms. The van der Waals surface area contributed by atoms with Gasteiger partial charge in [-0.25, -0.2) is 4.98 Å². The molecule has 0 saturated heterocycles. The van der Waals surface area contributed by atoms with Crippen molar-refractivity contribution in [1.29, 1.82) is 0 Å². The minimum atomic E-state index is -0.476. The zero-order chi connectivity index (χ0) is 18.4. The van der Waals surface area contributed by atoms with E-state index in [2.05, 4.69) is 4.98 Å². The van der Waals surface area contributed by atoms with Gasteiger partial charge in [-0.3, -0.25) is 0 Å². The van der Waals surface area contributed by atoms with E-state index in [-0.39, 0.29) is 0 Å². The third-order valence-corrected chi connectivity index (χ3v) is 4.81. The Morgan fingerprint density at radius 2 is 2.00 bits per heavy atom. The van der Waals surface area contributed by atoms with Crippen molar-refractivity contribution < 1.29 is 13.9 Å². The van der Waals surface area contributed by atoms with E-state index in [1.54, 1.807) is 24.5 Å². The van der Waals surface area contributed by atoms with Crippen LogP contribution in [0.15, 0.2) is 53.9 Å². The molecule has 1 aromatic carbocycles. The molecule has 4 nitrogen and oxygen atoms in total. The Labute approximate surface area is 156 Å². The third kappa shape index (κ3) is 4.52. The number of hydrogen-bond donors (Lipinski definition) is 0. The Morgan fingerprint density at radius 3 is 2.69 bits per heavy atom. The number of pyridine rings is 1. The van der Waals surface area contributed by atoms with Crippen molar-refractivity contribution in [2.45, 2.75) is 20.1 Å². The summed E-state index contributed by atoms with van der Waals surface area (Å²) in [6.07, 6.45) is 0. The Hall–Kier alpha value is -2.60. The summed E-state index contributed by atoms with van der Waals surface area (Å²) in [6, 6.07) is 14.7. The van der Waals surface area contributed by atoms with Crippen molar-refractivity contribution in [2.75, 3.05) is 18.6 Å². The average Bonchev–Trinajstić information content (AvgIpc) is 3.18. The second kappa shape index (κ2) is 8.67. The van der Waals surface area contributed by atoms with Gasteiger partial charge in [-0.15, -0.1) is 11.3 Å². The second-order valence-corrected chi connectivity index (χ2v) is 6.72. The zero-order valence-electron chi connectivity index (χ0n) is 14.8. The van der Waals surface area contributed by atoms with Crippen LogP contribution in [0, 0.1) is 5.95 Å². The van der Waals surface area contributed by atoms with Crippen molar-refractivity contribution in [3.05, 3.63) is 70.3 Å². The van der Waals surface area contributed by atoms with Gasteiger partial charge in [0.2, 0.25) is 5.95 Å². The number of rotatable bonds is 8. The summed E-state index contributed by atoms with van der Waals surface area (Å²) in [6.45, 7) is 3.86. The molecule has 0 amide bonds. The van der Waals surface area contributed by atoms with E-state index in [1.165, 1.54) is 6.07 Å². The minimum absolute atomic E-state index is 0.476. The van der Waals surface area contributed by atoms with E-state index >= 15 is 0 Å². The van der Waals surface area contributed by atoms with Crippen LogP contribution in [-0.2, 0) is 13.2 Å². The molecule has 3 aromatic rings. The molecule has 0 aliphatic rings. The molecule has 3 rings (SSSR count). The largest absolute Gasteiger partial charge is 0.493 e. The quantitative estimate of drug-likeness (QED) is 0.527. The summed E-state index contributed by atoms with van der Waals surface area (Å²) in [5, 5.41) is 2.03. The molecular weight excluding hydrogens is 351 g/mol. The fourth-order valence-electron chi connectivity index (χ4n) is 2.62. The fraction of sp³-hybridized carbons (Fsp3) is 0.250. The molecule has 2 heterocycles. The lowest BCUT2D eigenvalue weighted by atomic mass is 10.2. The maximum Gasteiger partial charge on any atom is 0.214 e. The first-order valence-electron chi connectivity index (χ1n) is 8.39. The number of halogens is 1. The van der Waals surface area contributed by atoms with E-state index in [1.807, 2.05) is 53.6 Å². The molecule has 136 valence electrons. The van der Waals surface area contributed by atoms with Gasteiger partial charge in [0.15, 0.2) is 11.5 Å². The van der Waals surface area contributed by atoms with Crippen molar-refractivity contribution in [1.82, 2.24) is 4.98 Å². The van der Waals surface area contributed by atoms with Crippen LogP contribution in [0.5, 0.6) is 11.5 Å². The highest BCUT2D eigenvalue weighted by atomic mass is 32.1. The Balaban J connectivity index is 1.73. The number of aromatic nitrogens is 1. The second-order valence-electron chi connectivity index (χ2n) is 5.69. The van der Waals surface area contributed by atoms with Crippen LogP contribution in [0.4, 0.5) is 10.2 Å². The van der Waals surface area contributed by atoms with Crippen LogP contribution in [0.25, 0.3) is 0 Å². The predicted molar refractivity (Wildman–Crippen MR) is 103 cm³/mol. The standard InChI is InChI=1S/C20H21FN2O2S/c1-3-23(20-8-4-7-19(21)22-20)13-15-9-10-17(18(12-15)24-2)25-14-16-6-5-11-26-16/h4-12H,3,13-14H2,1-2H3. The summed E-state index contributed by atoms with van der Waals surface area (Å²) in [5.74, 6) is 1.53. The molecular formula is C20H21FN2O2S. The number of nitrogens with zero attached hydrogens (tertiary/aromatic N) is 2. The van der Waals surface area contributed by atoms with E-state index in [9.17, 15) is 4.39 Å². The van der Waals surface area contributed by atoms with Crippen molar-refractivity contribution in [2.24, 2.45) is 0 Å². The first-order chi connectivity index (χ1) is 12.7. The van der Waals surface area contributed by atoms with E-state index < -0.39 is 5.95 Å². The molecule has 0 aliphatic heterocycles. The number of hydrogen-bond acceptors (Lipinski definition) is 5. The van der Waals surface area contributed by atoms with Gasteiger partial charge in [0, 0.05) is 18.0 Å². The van der Waals surface area contributed by atoms with E-state index in [4.69, 9.17) is 9.47 Å². The highest BCUT2D eigenvalue weighted by Gasteiger charge is 2.11. The van der Waals surface area contributed by atoms with Gasteiger partial charge in [0.05, 0.1) is 7.11 Å². The molecule has 0 spiro atoms. The van der Waals surface area contributed by atoms with Crippen molar-refractivity contribution in [3.8, 4) is 11.5 Å². The highest BCUT2D eigenvalue weighted by molar-refractivity contribution is 7.09. The van der Waals surface area contributed by atoms with Gasteiger partial charge in [-0.2, -0.15) is 4.39 Å². The van der Waals surface area contributed by atoms with Gasteiger partial charge in [0.25, 0.3) is 0 Å². The number of ether oxygens (including phenoxy) is 2. The smallest absolute Gasteiger partial charge is 0.214 e. The molecule has 0 aliphatic carbocycles. The average molecular weight is 372 g/mol. The summed E-state index contributed by atoms with van der Waals surface area (Å²) in [4.78, 5) is 7.12. The van der Waals surface area contributed by atoms with Crippen molar-refractivity contribution in [3.63, 3.8) is 0 Å². The molecule has 0 atom stereocenters. The third-order valence-electron chi connectivity index (χ3n) is 3.96. The lowest BCUT2D eigenvalue weighted by Crippen LogP contribution is -2.23. The number of methoxy groups -OCH3 is 1. The Bertz CT molecular complexity index is 840. The maximum absolute atomic E-state index is 13.4. The Kier molecular flexibility index (Phi) is 6.07. The van der Waals surface area contributed by atoms with Crippen LogP contribution in [-0.4, -0.2) is 18.6 Å². The molecule has 0 fully saturated rings. The van der Waals surface area contributed by atoms with Gasteiger partial charge in [-0.05, 0) is 48.2 Å². The first-order valence-corrected chi connectivity index (χ1v) is 9.27. The predicted octanol–water partition coefficient (Wildman–Crippen LogP) is 4.90. The molecule has 26 heavy (non-hydrogen) atoms. The normalized spacial score (nSPS) is 10.6. The van der Waals surface area contributed by atoms with E-state index in [0.717, 1.165) is 17.0 Å². The highest BCUT2D eigenvalue weighted by Crippen LogP contribution is 2.30. The molecule has 0 saturated carbocycles. The lowest BCUT2D eigenvalue weighted by Gasteiger charge is -2.22. The van der Waals surface area contributed by atoms with Gasteiger partial charge >= 0.3 is 0 Å². The summed E-state index contributed by atoms with van der Waals surface area (Å²) in [5.41, 5.74) is 1.04. The zero-order valence-corrected chi connectivity index (χ0v) is 15.6. The summed E-state index contributed by atoms with van der Waals surface area (Å²) in [7, 11) is 1.63. The van der Waals surface area contributed by atoms with Crippen LogP contribution in [0.1, 0.15) is 17.4 Å². The fourth-order valence-corrected chi connectivity index (χ4v) is 3.24. The number of benzene rings is 1. The van der Waals surface area contributed by atoms with Gasteiger partial charge < -0.3 is 14.4 Å².